The van der Waals surface area contributed by atoms with Gasteiger partial charge >= 0.3 is 0 Å². The third-order valence-electron chi connectivity index (χ3n) is 16.8. The van der Waals surface area contributed by atoms with E-state index in [1.54, 1.807) is 6.08 Å². The Morgan fingerprint density at radius 3 is 1.15 bits per heavy atom. The minimum Gasteiger partial charge on any atom is -0.394 e. The van der Waals surface area contributed by atoms with Gasteiger partial charge in [-0.05, 0) is 19.3 Å². The first-order valence-electron chi connectivity index (χ1n) is 32.9. The quantitative estimate of drug-likeness (QED) is 0.0210. The lowest BCUT2D eigenvalue weighted by atomic mass is 9.96. The molecular formula is C63H119NO18. The van der Waals surface area contributed by atoms with Crippen molar-refractivity contribution in [3.05, 3.63) is 12.2 Å². The van der Waals surface area contributed by atoms with Gasteiger partial charge in [0.2, 0.25) is 5.91 Å². The van der Waals surface area contributed by atoms with Crippen LogP contribution >= 0.6 is 0 Å². The summed E-state index contributed by atoms with van der Waals surface area (Å²) in [5.74, 6) is -0.274. The van der Waals surface area contributed by atoms with E-state index in [4.69, 9.17) is 28.4 Å². The molecule has 19 heteroatoms. The highest BCUT2D eigenvalue weighted by molar-refractivity contribution is 5.76. The van der Waals surface area contributed by atoms with Crippen LogP contribution in [0.15, 0.2) is 12.2 Å². The maximum absolute atomic E-state index is 13.3. The summed E-state index contributed by atoms with van der Waals surface area (Å²) >= 11 is 0. The van der Waals surface area contributed by atoms with Gasteiger partial charge in [-0.1, -0.05) is 238 Å². The predicted molar refractivity (Wildman–Crippen MR) is 314 cm³/mol. The van der Waals surface area contributed by atoms with Crippen molar-refractivity contribution in [1.82, 2.24) is 5.32 Å². The first kappa shape index (κ1) is 74.8. The van der Waals surface area contributed by atoms with Crippen molar-refractivity contribution in [2.24, 2.45) is 0 Å². The normalized spacial score (nSPS) is 29.6. The molecule has 3 rings (SSSR count). The van der Waals surface area contributed by atoms with Crippen molar-refractivity contribution in [2.75, 3.05) is 26.4 Å². The second-order valence-corrected chi connectivity index (χ2v) is 23.9. The van der Waals surface area contributed by atoms with E-state index in [-0.39, 0.29) is 18.9 Å². The van der Waals surface area contributed by atoms with Gasteiger partial charge < -0.3 is 89.9 Å². The van der Waals surface area contributed by atoms with Crippen LogP contribution in [0.4, 0.5) is 0 Å². The second kappa shape index (κ2) is 46.7. The SMILES string of the molecule is CCCCCCCCCCCCCCCCCCCCCCCCCC/C=C/C(O)C(COC1OC(CO)C(OC2OC(CO)C(OC3OC(CO)C(O)C(O)C3O)C(O)C2O)C(O)C1O)NC(=O)CCCCCCCCCCCCC. The fourth-order valence-electron chi connectivity index (χ4n) is 11.4. The van der Waals surface area contributed by atoms with Gasteiger partial charge in [0.25, 0.3) is 0 Å². The van der Waals surface area contributed by atoms with E-state index in [1.165, 1.54) is 180 Å². The van der Waals surface area contributed by atoms with Gasteiger partial charge in [-0.15, -0.1) is 0 Å². The fraction of sp³-hybridized carbons (Fsp3) is 0.952. The molecule has 484 valence electrons. The molecule has 19 nitrogen and oxygen atoms in total. The molecule has 0 aliphatic carbocycles. The van der Waals surface area contributed by atoms with Crippen LogP contribution in [0.25, 0.3) is 0 Å². The Kier molecular flexibility index (Phi) is 42.5. The average molecular weight is 1180 g/mol. The number of aliphatic hydroxyl groups is 11. The molecule has 0 aromatic heterocycles. The lowest BCUT2D eigenvalue weighted by molar-refractivity contribution is -0.379. The Bertz CT molecular complexity index is 1550. The Morgan fingerprint density at radius 2 is 0.756 bits per heavy atom. The first-order valence-corrected chi connectivity index (χ1v) is 32.9. The van der Waals surface area contributed by atoms with Gasteiger partial charge in [-0.25, -0.2) is 0 Å². The number of hydrogen-bond acceptors (Lipinski definition) is 18. The molecule has 0 saturated carbocycles. The lowest BCUT2D eigenvalue weighted by Gasteiger charge is -2.48. The largest absolute Gasteiger partial charge is 0.394 e. The predicted octanol–water partition coefficient (Wildman–Crippen LogP) is 7.33. The van der Waals surface area contributed by atoms with Crippen molar-refractivity contribution >= 4 is 5.91 Å². The summed E-state index contributed by atoms with van der Waals surface area (Å²) in [7, 11) is 0. The molecule has 3 fully saturated rings. The molecule has 3 aliphatic heterocycles. The van der Waals surface area contributed by atoms with Crippen LogP contribution < -0.4 is 5.32 Å². The maximum atomic E-state index is 13.3. The number of nitrogens with one attached hydrogen (secondary N) is 1. The first-order chi connectivity index (χ1) is 39.8. The third-order valence-corrected chi connectivity index (χ3v) is 16.8. The fourth-order valence-corrected chi connectivity index (χ4v) is 11.4. The number of carbonyl (C=O) groups excluding carboxylic acids is 1. The standard InChI is InChI=1S/C63H119NO18/c1-3-5-7-9-11-13-15-16-17-18-19-20-21-22-23-24-25-26-27-28-29-31-32-34-36-38-40-47(68)46(64-51(69)41-39-37-35-33-30-14-12-10-8-6-4-2)45-77-61-57(75)54(72)59(49(43-66)79-61)82-63-58(76)55(73)60(50(44-67)80-63)81-62-56(74)53(71)52(70)48(42-65)78-62/h38,40,46-50,52-63,65-68,70-76H,3-37,39,41-45H2,1-2H3,(H,64,69)/b40-38+. The number of hydrogen-bond donors (Lipinski definition) is 12. The van der Waals surface area contributed by atoms with Crippen LogP contribution in [0.1, 0.15) is 251 Å². The molecule has 3 heterocycles. The molecule has 17 unspecified atom stereocenters. The minimum atomic E-state index is -1.97. The van der Waals surface area contributed by atoms with Crippen molar-refractivity contribution in [3.63, 3.8) is 0 Å². The number of aliphatic hydroxyl groups excluding tert-OH is 11. The van der Waals surface area contributed by atoms with Crippen molar-refractivity contribution in [2.45, 2.75) is 356 Å². The van der Waals surface area contributed by atoms with E-state index in [2.05, 4.69) is 19.2 Å². The average Bonchev–Trinajstić information content (AvgIpc) is 3.54. The van der Waals surface area contributed by atoms with E-state index in [0.29, 0.717) is 6.42 Å². The van der Waals surface area contributed by atoms with Crippen molar-refractivity contribution in [1.29, 1.82) is 0 Å². The molecule has 0 bridgehead atoms. The Morgan fingerprint density at radius 1 is 0.427 bits per heavy atom. The molecule has 0 aromatic carbocycles. The number of rotatable bonds is 50. The molecule has 0 radical (unpaired) electrons. The molecule has 0 spiro atoms. The molecule has 3 saturated heterocycles. The van der Waals surface area contributed by atoms with Gasteiger partial charge in [0, 0.05) is 6.42 Å². The number of carbonyl (C=O) groups is 1. The minimum absolute atomic E-state index is 0.248. The summed E-state index contributed by atoms with van der Waals surface area (Å²) in [6.07, 6.45) is 22.1. The number of allylic oxidation sites excluding steroid dienone is 1. The van der Waals surface area contributed by atoms with Gasteiger partial charge in [-0.3, -0.25) is 4.79 Å². The highest BCUT2D eigenvalue weighted by atomic mass is 16.8. The Balaban J connectivity index is 1.42. The van der Waals surface area contributed by atoms with Crippen LogP contribution in [0.5, 0.6) is 0 Å². The summed E-state index contributed by atoms with van der Waals surface area (Å²) in [5, 5.41) is 120. The molecule has 17 atom stereocenters. The highest BCUT2D eigenvalue weighted by Gasteiger charge is 2.53. The highest BCUT2D eigenvalue weighted by Crippen LogP contribution is 2.33. The Hall–Kier alpha value is -1.47. The van der Waals surface area contributed by atoms with E-state index < -0.39 is 124 Å². The van der Waals surface area contributed by atoms with Crippen LogP contribution in [0, 0.1) is 0 Å². The summed E-state index contributed by atoms with van der Waals surface area (Å²) in [4.78, 5) is 13.3. The molecule has 3 aliphatic rings. The third kappa shape index (κ3) is 29.5. The number of amides is 1. The van der Waals surface area contributed by atoms with Crippen LogP contribution in [0.2, 0.25) is 0 Å². The van der Waals surface area contributed by atoms with Crippen LogP contribution in [-0.4, -0.2) is 193 Å². The number of ether oxygens (including phenoxy) is 6. The van der Waals surface area contributed by atoms with Gasteiger partial charge in [0.15, 0.2) is 18.9 Å². The van der Waals surface area contributed by atoms with Gasteiger partial charge in [-0.2, -0.15) is 0 Å². The lowest BCUT2D eigenvalue weighted by Crippen LogP contribution is -2.66. The number of unbranched alkanes of at least 4 members (excludes halogenated alkanes) is 34. The Labute approximate surface area is 493 Å². The van der Waals surface area contributed by atoms with E-state index >= 15 is 0 Å². The zero-order valence-corrected chi connectivity index (χ0v) is 50.7. The summed E-state index contributed by atoms with van der Waals surface area (Å²) in [5.41, 5.74) is 0. The van der Waals surface area contributed by atoms with E-state index in [1.807, 2.05) is 6.08 Å². The van der Waals surface area contributed by atoms with Gasteiger partial charge in [0.1, 0.15) is 73.2 Å². The molecule has 0 aromatic rings. The monoisotopic (exact) mass is 1180 g/mol. The summed E-state index contributed by atoms with van der Waals surface area (Å²) in [6, 6.07) is -0.967. The smallest absolute Gasteiger partial charge is 0.220 e. The second-order valence-electron chi connectivity index (χ2n) is 23.9. The summed E-state index contributed by atoms with van der Waals surface area (Å²) < 4.78 is 34.3. The zero-order valence-electron chi connectivity index (χ0n) is 50.7. The summed E-state index contributed by atoms with van der Waals surface area (Å²) in [6.45, 7) is 1.73. The van der Waals surface area contributed by atoms with Crippen molar-refractivity contribution < 1.29 is 89.4 Å². The molecule has 1 amide bonds. The van der Waals surface area contributed by atoms with Crippen molar-refractivity contribution in [3.8, 4) is 0 Å². The van der Waals surface area contributed by atoms with Crippen LogP contribution in [-0.2, 0) is 33.2 Å². The topological polar surface area (TPSA) is 307 Å². The molecule has 12 N–H and O–H groups in total. The van der Waals surface area contributed by atoms with E-state index in [0.717, 1.165) is 44.9 Å². The zero-order chi connectivity index (χ0) is 59.7. The molecular weight excluding hydrogens is 1060 g/mol. The van der Waals surface area contributed by atoms with Gasteiger partial charge in [0.05, 0.1) is 38.6 Å². The van der Waals surface area contributed by atoms with E-state index in [9.17, 15) is 61.0 Å². The van der Waals surface area contributed by atoms with Crippen LogP contribution in [0.3, 0.4) is 0 Å². The maximum Gasteiger partial charge on any atom is 0.220 e. The molecule has 82 heavy (non-hydrogen) atoms.